The molecular weight excluding hydrogens is 404 g/mol. The Bertz CT molecular complexity index is 961. The third-order valence-electron chi connectivity index (χ3n) is 4.30. The molecule has 0 radical (unpaired) electrons. The van der Waals surface area contributed by atoms with Gasteiger partial charge in [0.1, 0.15) is 0 Å². The third-order valence-corrected chi connectivity index (χ3v) is 5.74. The second-order valence-electron chi connectivity index (χ2n) is 6.20. The summed E-state index contributed by atoms with van der Waals surface area (Å²) in [6, 6.07) is 9.69. The first kappa shape index (κ1) is 21.8. The van der Waals surface area contributed by atoms with Crippen LogP contribution in [-0.4, -0.2) is 41.8 Å². The maximum atomic E-state index is 13.0. The van der Waals surface area contributed by atoms with Crippen molar-refractivity contribution in [2.75, 3.05) is 31.8 Å². The van der Waals surface area contributed by atoms with Crippen molar-refractivity contribution in [1.82, 2.24) is 5.32 Å². The SMILES string of the molecule is COc1cc(C(=O)N[C@@H](C)c2ccc(Cl)cc2)c(N(C)S(C)(=O)=O)cc1OC. The number of nitrogens with one attached hydrogen (secondary N) is 1. The first-order valence-corrected chi connectivity index (χ1v) is 10.6. The molecule has 0 aromatic heterocycles. The van der Waals surface area contributed by atoms with Gasteiger partial charge < -0.3 is 14.8 Å². The molecule has 2 aromatic rings. The van der Waals surface area contributed by atoms with Gasteiger partial charge in [-0.15, -0.1) is 0 Å². The Balaban J connectivity index is 2.46. The molecule has 0 fully saturated rings. The normalized spacial score (nSPS) is 12.2. The van der Waals surface area contributed by atoms with Crippen LogP contribution in [0.3, 0.4) is 0 Å². The Kier molecular flexibility index (Phi) is 6.79. The highest BCUT2D eigenvalue weighted by molar-refractivity contribution is 7.92. The smallest absolute Gasteiger partial charge is 0.254 e. The summed E-state index contributed by atoms with van der Waals surface area (Å²) in [4.78, 5) is 13.0. The molecular formula is C19H23ClN2O5S. The molecule has 0 spiro atoms. The van der Waals surface area contributed by atoms with Gasteiger partial charge in [-0.05, 0) is 30.7 Å². The predicted molar refractivity (Wildman–Crippen MR) is 110 cm³/mol. The molecule has 0 unspecified atom stereocenters. The number of nitrogens with zero attached hydrogens (tertiary/aromatic N) is 1. The van der Waals surface area contributed by atoms with Gasteiger partial charge in [-0.25, -0.2) is 8.42 Å². The first-order valence-electron chi connectivity index (χ1n) is 8.34. The highest BCUT2D eigenvalue weighted by atomic mass is 35.5. The number of carbonyl (C=O) groups is 1. The van der Waals surface area contributed by atoms with Crippen molar-refractivity contribution in [1.29, 1.82) is 0 Å². The maximum absolute atomic E-state index is 13.0. The van der Waals surface area contributed by atoms with Gasteiger partial charge in [-0.1, -0.05) is 23.7 Å². The molecule has 0 saturated heterocycles. The molecule has 1 N–H and O–H groups in total. The average molecular weight is 427 g/mol. The van der Waals surface area contributed by atoms with E-state index in [1.54, 1.807) is 12.1 Å². The van der Waals surface area contributed by atoms with Crippen LogP contribution in [0.2, 0.25) is 5.02 Å². The van der Waals surface area contributed by atoms with Crippen LogP contribution in [0.15, 0.2) is 36.4 Å². The fraction of sp³-hybridized carbons (Fsp3) is 0.316. The molecule has 1 atom stereocenters. The van der Waals surface area contributed by atoms with E-state index in [1.165, 1.54) is 33.4 Å². The van der Waals surface area contributed by atoms with Crippen LogP contribution < -0.4 is 19.1 Å². The maximum Gasteiger partial charge on any atom is 0.254 e. The van der Waals surface area contributed by atoms with E-state index in [1.807, 2.05) is 19.1 Å². The molecule has 0 aliphatic carbocycles. The molecule has 0 aliphatic rings. The largest absolute Gasteiger partial charge is 0.493 e. The number of hydrogen-bond donors (Lipinski definition) is 1. The third kappa shape index (κ3) is 4.88. The number of amides is 1. The number of carbonyl (C=O) groups excluding carboxylic acids is 1. The molecule has 0 heterocycles. The van der Waals surface area contributed by atoms with E-state index >= 15 is 0 Å². The molecule has 1 amide bonds. The minimum atomic E-state index is -3.60. The fourth-order valence-electron chi connectivity index (χ4n) is 2.60. The summed E-state index contributed by atoms with van der Waals surface area (Å²) in [5.41, 5.74) is 1.18. The van der Waals surface area contributed by atoms with Crippen LogP contribution in [0.25, 0.3) is 0 Å². The van der Waals surface area contributed by atoms with E-state index in [0.717, 1.165) is 16.1 Å². The summed E-state index contributed by atoms with van der Waals surface area (Å²) in [6.45, 7) is 1.82. The zero-order valence-corrected chi connectivity index (χ0v) is 17.9. The van der Waals surface area contributed by atoms with Crippen molar-refractivity contribution in [3.05, 3.63) is 52.5 Å². The minimum absolute atomic E-state index is 0.145. The lowest BCUT2D eigenvalue weighted by molar-refractivity contribution is 0.0940. The van der Waals surface area contributed by atoms with Crippen LogP contribution in [-0.2, 0) is 10.0 Å². The number of hydrogen-bond acceptors (Lipinski definition) is 5. The van der Waals surface area contributed by atoms with Gasteiger partial charge in [0.05, 0.1) is 37.8 Å². The fourth-order valence-corrected chi connectivity index (χ4v) is 3.23. The Morgan fingerprint density at radius 3 is 2.14 bits per heavy atom. The van der Waals surface area contributed by atoms with Gasteiger partial charge in [0, 0.05) is 18.1 Å². The molecule has 2 aromatic carbocycles. The van der Waals surface area contributed by atoms with Crippen LogP contribution in [0, 0.1) is 0 Å². The summed E-state index contributed by atoms with van der Waals surface area (Å²) in [7, 11) is 0.647. The summed E-state index contributed by atoms with van der Waals surface area (Å²) >= 11 is 5.90. The number of benzene rings is 2. The second-order valence-corrected chi connectivity index (χ2v) is 8.65. The van der Waals surface area contributed by atoms with Gasteiger partial charge in [0.15, 0.2) is 11.5 Å². The van der Waals surface area contributed by atoms with Crippen molar-refractivity contribution in [2.45, 2.75) is 13.0 Å². The summed E-state index contributed by atoms with van der Waals surface area (Å²) < 4.78 is 35.6. The summed E-state index contributed by atoms with van der Waals surface area (Å²) in [6.07, 6.45) is 1.06. The standard InChI is InChI=1S/C19H23ClN2O5S/c1-12(13-6-8-14(20)9-7-13)21-19(23)15-10-17(26-3)18(27-4)11-16(15)22(2)28(5,24)25/h6-12H,1-5H3,(H,21,23)/t12-/m0/s1. The number of methoxy groups -OCH3 is 2. The van der Waals surface area contributed by atoms with Crippen LogP contribution >= 0.6 is 11.6 Å². The number of halogens is 1. The van der Waals surface area contributed by atoms with Crippen LogP contribution in [0.4, 0.5) is 5.69 Å². The van der Waals surface area contributed by atoms with Crippen molar-refractivity contribution in [2.24, 2.45) is 0 Å². The van der Waals surface area contributed by atoms with Crippen LogP contribution in [0.1, 0.15) is 28.9 Å². The van der Waals surface area contributed by atoms with Gasteiger partial charge >= 0.3 is 0 Å². The number of sulfonamides is 1. The van der Waals surface area contributed by atoms with E-state index < -0.39 is 15.9 Å². The lowest BCUT2D eigenvalue weighted by Gasteiger charge is -2.23. The van der Waals surface area contributed by atoms with Crippen molar-refractivity contribution >= 4 is 33.2 Å². The number of ether oxygens (including phenoxy) is 2. The van der Waals surface area contributed by atoms with E-state index in [9.17, 15) is 13.2 Å². The lowest BCUT2D eigenvalue weighted by atomic mass is 10.1. The van der Waals surface area contributed by atoms with E-state index in [4.69, 9.17) is 21.1 Å². The number of rotatable bonds is 7. The lowest BCUT2D eigenvalue weighted by Crippen LogP contribution is -2.31. The minimum Gasteiger partial charge on any atom is -0.493 e. The molecule has 152 valence electrons. The molecule has 0 saturated carbocycles. The highest BCUT2D eigenvalue weighted by Gasteiger charge is 2.24. The van der Waals surface area contributed by atoms with Crippen molar-refractivity contribution in [3.63, 3.8) is 0 Å². The zero-order valence-electron chi connectivity index (χ0n) is 16.3. The summed E-state index contributed by atoms with van der Waals surface area (Å²) in [5, 5.41) is 3.46. The molecule has 0 bridgehead atoms. The first-order chi connectivity index (χ1) is 13.1. The highest BCUT2D eigenvalue weighted by Crippen LogP contribution is 2.36. The Morgan fingerprint density at radius 1 is 1.11 bits per heavy atom. The molecule has 0 aliphatic heterocycles. The number of anilines is 1. The van der Waals surface area contributed by atoms with Gasteiger partial charge in [-0.3, -0.25) is 9.10 Å². The Labute approximate surface area is 170 Å². The van der Waals surface area contributed by atoms with Gasteiger partial charge in [0.2, 0.25) is 10.0 Å². The molecule has 9 heteroatoms. The van der Waals surface area contributed by atoms with Crippen molar-refractivity contribution in [3.8, 4) is 11.5 Å². The second kappa shape index (κ2) is 8.70. The van der Waals surface area contributed by atoms with E-state index in [2.05, 4.69) is 5.32 Å². The Morgan fingerprint density at radius 2 is 1.64 bits per heavy atom. The zero-order chi connectivity index (χ0) is 21.1. The molecule has 2 rings (SSSR count). The van der Waals surface area contributed by atoms with Gasteiger partial charge in [-0.2, -0.15) is 0 Å². The van der Waals surface area contributed by atoms with E-state index in [-0.39, 0.29) is 17.3 Å². The van der Waals surface area contributed by atoms with E-state index in [0.29, 0.717) is 16.5 Å². The Hall–Kier alpha value is -2.45. The molecule has 28 heavy (non-hydrogen) atoms. The quantitative estimate of drug-likeness (QED) is 0.734. The van der Waals surface area contributed by atoms with Crippen LogP contribution in [0.5, 0.6) is 11.5 Å². The molecule has 7 nitrogen and oxygen atoms in total. The predicted octanol–water partition coefficient (Wildman–Crippen LogP) is 3.24. The summed E-state index contributed by atoms with van der Waals surface area (Å²) in [5.74, 6) is 0.182. The van der Waals surface area contributed by atoms with Crippen molar-refractivity contribution < 1.29 is 22.7 Å². The topological polar surface area (TPSA) is 84.9 Å². The average Bonchev–Trinajstić information content (AvgIpc) is 2.65. The monoisotopic (exact) mass is 426 g/mol. The van der Waals surface area contributed by atoms with Gasteiger partial charge in [0.25, 0.3) is 5.91 Å².